The van der Waals surface area contributed by atoms with E-state index >= 15 is 0 Å². The van der Waals surface area contributed by atoms with E-state index in [1.54, 1.807) is 0 Å². The third-order valence-corrected chi connectivity index (χ3v) is 2.17. The minimum absolute atomic E-state index is 0.338. The van der Waals surface area contributed by atoms with E-state index in [0.717, 1.165) is 11.1 Å². The fraction of sp³-hybridized carbons (Fsp3) is 0.333. The van der Waals surface area contributed by atoms with E-state index in [1.807, 2.05) is 6.07 Å². The van der Waals surface area contributed by atoms with Crippen LogP contribution in [-0.4, -0.2) is 9.97 Å². The number of furan rings is 1. The van der Waals surface area contributed by atoms with E-state index in [1.165, 1.54) is 6.33 Å². The lowest BCUT2D eigenvalue weighted by Crippen LogP contribution is -1.79. The van der Waals surface area contributed by atoms with Gasteiger partial charge < -0.3 is 4.42 Å². The van der Waals surface area contributed by atoms with Crippen molar-refractivity contribution in [3.8, 4) is 0 Å². The Morgan fingerprint density at radius 1 is 1.38 bits per heavy atom. The summed E-state index contributed by atoms with van der Waals surface area (Å²) in [5, 5.41) is 1.23. The Morgan fingerprint density at radius 2 is 2.15 bits per heavy atom. The van der Waals surface area contributed by atoms with Crippen LogP contribution in [0.25, 0.3) is 11.1 Å². The Balaban J connectivity index is 2.68. The molecule has 0 unspecified atom stereocenters. The second-order valence-corrected chi connectivity index (χ2v) is 3.54. The van der Waals surface area contributed by atoms with Crippen LogP contribution in [0.1, 0.15) is 25.5 Å². The van der Waals surface area contributed by atoms with Crippen molar-refractivity contribution < 1.29 is 4.42 Å². The molecule has 13 heavy (non-hydrogen) atoms. The highest BCUT2D eigenvalue weighted by atomic mass is 35.5. The van der Waals surface area contributed by atoms with E-state index in [4.69, 9.17) is 16.0 Å². The Bertz CT molecular complexity index is 436. The van der Waals surface area contributed by atoms with E-state index in [9.17, 15) is 0 Å². The van der Waals surface area contributed by atoms with Gasteiger partial charge in [-0.2, -0.15) is 0 Å². The van der Waals surface area contributed by atoms with Gasteiger partial charge in [0.05, 0.1) is 5.39 Å². The maximum atomic E-state index is 5.86. The van der Waals surface area contributed by atoms with Crippen LogP contribution in [-0.2, 0) is 0 Å². The first-order chi connectivity index (χ1) is 6.18. The Hall–Kier alpha value is -1.09. The number of fused-ring (bicyclic) bond motifs is 1. The van der Waals surface area contributed by atoms with Gasteiger partial charge in [-0.1, -0.05) is 25.4 Å². The molecule has 0 aliphatic carbocycles. The van der Waals surface area contributed by atoms with Gasteiger partial charge in [-0.25, -0.2) is 9.97 Å². The molecule has 68 valence electrons. The Labute approximate surface area is 80.7 Å². The molecular weight excluding hydrogens is 188 g/mol. The van der Waals surface area contributed by atoms with Gasteiger partial charge in [0.2, 0.25) is 5.71 Å². The molecule has 0 saturated carbocycles. The molecule has 0 N–H and O–H groups in total. The second kappa shape index (κ2) is 3.00. The number of halogens is 1. The smallest absolute Gasteiger partial charge is 0.230 e. The molecule has 0 aliphatic heterocycles. The van der Waals surface area contributed by atoms with Crippen LogP contribution in [0.2, 0.25) is 5.15 Å². The van der Waals surface area contributed by atoms with Gasteiger partial charge in [0.15, 0.2) is 0 Å². The largest absolute Gasteiger partial charge is 0.442 e. The maximum Gasteiger partial charge on any atom is 0.230 e. The lowest BCUT2D eigenvalue weighted by molar-refractivity contribution is 0.513. The predicted octanol–water partition coefficient (Wildman–Crippen LogP) is 3.00. The summed E-state index contributed by atoms with van der Waals surface area (Å²) in [5.41, 5.74) is 0.559. The Morgan fingerprint density at radius 3 is 2.77 bits per heavy atom. The lowest BCUT2D eigenvalue weighted by atomic mass is 10.1. The first kappa shape index (κ1) is 8.51. The summed E-state index contributed by atoms with van der Waals surface area (Å²) in [6, 6.07) is 1.89. The van der Waals surface area contributed by atoms with Crippen LogP contribution in [0, 0.1) is 0 Å². The summed E-state index contributed by atoms with van der Waals surface area (Å²) < 4.78 is 5.47. The van der Waals surface area contributed by atoms with Crippen LogP contribution >= 0.6 is 11.6 Å². The molecule has 0 saturated heterocycles. The van der Waals surface area contributed by atoms with Crippen LogP contribution in [0.3, 0.4) is 0 Å². The van der Waals surface area contributed by atoms with Crippen molar-refractivity contribution in [3.05, 3.63) is 23.3 Å². The van der Waals surface area contributed by atoms with Gasteiger partial charge in [-0.05, 0) is 6.07 Å². The average Bonchev–Trinajstić information content (AvgIpc) is 2.49. The highest BCUT2D eigenvalue weighted by Crippen LogP contribution is 2.26. The zero-order valence-electron chi connectivity index (χ0n) is 7.41. The van der Waals surface area contributed by atoms with E-state index in [-0.39, 0.29) is 0 Å². The molecule has 2 heterocycles. The summed E-state index contributed by atoms with van der Waals surface area (Å²) in [6.07, 6.45) is 1.40. The molecule has 3 nitrogen and oxygen atoms in total. The molecule has 0 atom stereocenters. The van der Waals surface area contributed by atoms with Gasteiger partial charge in [0.25, 0.3) is 0 Å². The van der Waals surface area contributed by atoms with Crippen molar-refractivity contribution in [1.82, 2.24) is 9.97 Å². The molecule has 2 aromatic heterocycles. The molecule has 0 fully saturated rings. The highest BCUT2D eigenvalue weighted by molar-refractivity contribution is 6.33. The molecule has 0 spiro atoms. The minimum Gasteiger partial charge on any atom is -0.442 e. The molecule has 0 bridgehead atoms. The molecule has 2 aromatic rings. The normalized spacial score (nSPS) is 11.4. The van der Waals surface area contributed by atoms with Crippen molar-refractivity contribution in [3.63, 3.8) is 0 Å². The quantitative estimate of drug-likeness (QED) is 0.659. The predicted molar refractivity (Wildman–Crippen MR) is 50.9 cm³/mol. The van der Waals surface area contributed by atoms with Gasteiger partial charge in [-0.3, -0.25) is 0 Å². The summed E-state index contributed by atoms with van der Waals surface area (Å²) in [7, 11) is 0. The molecule has 2 rings (SSSR count). The Kier molecular flexibility index (Phi) is 1.96. The summed E-state index contributed by atoms with van der Waals surface area (Å²) in [4.78, 5) is 7.86. The van der Waals surface area contributed by atoms with Crippen LogP contribution < -0.4 is 0 Å². The molecule has 0 radical (unpaired) electrons. The van der Waals surface area contributed by atoms with Crippen molar-refractivity contribution in [1.29, 1.82) is 0 Å². The standard InChI is InChI=1S/C9H9ClN2O/c1-5(2)7-3-6-8(10)11-4-12-9(6)13-7/h3-5H,1-2H3. The number of nitrogens with zero attached hydrogens (tertiary/aromatic N) is 2. The number of hydrogen-bond acceptors (Lipinski definition) is 3. The van der Waals surface area contributed by atoms with Gasteiger partial charge in [0, 0.05) is 5.92 Å². The van der Waals surface area contributed by atoms with Crippen LogP contribution in [0.15, 0.2) is 16.8 Å². The van der Waals surface area contributed by atoms with Crippen molar-refractivity contribution >= 4 is 22.7 Å². The van der Waals surface area contributed by atoms with Crippen LogP contribution in [0.5, 0.6) is 0 Å². The summed E-state index contributed by atoms with van der Waals surface area (Å²) >= 11 is 5.86. The number of rotatable bonds is 1. The van der Waals surface area contributed by atoms with Gasteiger partial charge >= 0.3 is 0 Å². The van der Waals surface area contributed by atoms with E-state index < -0.39 is 0 Å². The summed E-state index contributed by atoms with van der Waals surface area (Å²) in [5.74, 6) is 1.22. The average molecular weight is 197 g/mol. The monoisotopic (exact) mass is 196 g/mol. The SMILES string of the molecule is CC(C)c1cc2c(Cl)ncnc2o1. The van der Waals surface area contributed by atoms with Crippen molar-refractivity contribution in [2.45, 2.75) is 19.8 Å². The second-order valence-electron chi connectivity index (χ2n) is 3.19. The van der Waals surface area contributed by atoms with E-state index in [2.05, 4.69) is 23.8 Å². The maximum absolute atomic E-state index is 5.86. The van der Waals surface area contributed by atoms with Crippen molar-refractivity contribution in [2.24, 2.45) is 0 Å². The first-order valence-corrected chi connectivity index (χ1v) is 4.46. The highest BCUT2D eigenvalue weighted by Gasteiger charge is 2.10. The zero-order chi connectivity index (χ0) is 9.42. The van der Waals surface area contributed by atoms with Crippen LogP contribution in [0.4, 0.5) is 0 Å². The molecule has 0 amide bonds. The third kappa shape index (κ3) is 1.40. The fourth-order valence-electron chi connectivity index (χ4n) is 1.13. The van der Waals surface area contributed by atoms with E-state index in [0.29, 0.717) is 16.8 Å². The van der Waals surface area contributed by atoms with Crippen molar-refractivity contribution in [2.75, 3.05) is 0 Å². The number of hydrogen-bond donors (Lipinski definition) is 0. The molecule has 0 aliphatic rings. The van der Waals surface area contributed by atoms with Gasteiger partial charge in [-0.15, -0.1) is 0 Å². The molecule has 4 heteroatoms. The lowest BCUT2D eigenvalue weighted by Gasteiger charge is -1.95. The summed E-state index contributed by atoms with van der Waals surface area (Å²) in [6.45, 7) is 4.11. The molecular formula is C9H9ClN2O. The fourth-order valence-corrected chi connectivity index (χ4v) is 1.31. The minimum atomic E-state index is 0.338. The zero-order valence-corrected chi connectivity index (χ0v) is 8.17. The third-order valence-electron chi connectivity index (χ3n) is 1.87. The first-order valence-electron chi connectivity index (χ1n) is 4.08. The van der Waals surface area contributed by atoms with Gasteiger partial charge in [0.1, 0.15) is 17.2 Å². The topological polar surface area (TPSA) is 38.9 Å². The number of aromatic nitrogens is 2. The molecule has 0 aromatic carbocycles.